The molecule has 0 bridgehead atoms. The molecule has 1 N–H and O–H groups in total. The number of carbonyl (C=O) groups is 1. The molecular weight excluding hydrogens is 516 g/mol. The zero-order chi connectivity index (χ0) is 28.2. The van der Waals surface area contributed by atoms with Gasteiger partial charge >= 0.3 is 5.97 Å². The number of aromatic nitrogens is 4. The Hall–Kier alpha value is -4.99. The lowest BCUT2D eigenvalue weighted by Gasteiger charge is -2.37. The molecule has 0 spiro atoms. The molecular formula is C31H32N8O2. The van der Waals surface area contributed by atoms with Crippen molar-refractivity contribution in [3.05, 3.63) is 96.3 Å². The van der Waals surface area contributed by atoms with Crippen LogP contribution in [0.4, 0.5) is 5.69 Å². The summed E-state index contributed by atoms with van der Waals surface area (Å²) in [7, 11) is 1.42. The third-order valence-corrected chi connectivity index (χ3v) is 7.37. The third kappa shape index (κ3) is 5.41. The number of hydrogen-bond donors (Lipinski definition) is 1. The second kappa shape index (κ2) is 11.6. The van der Waals surface area contributed by atoms with Crippen LogP contribution < -0.4 is 4.90 Å². The zero-order valence-electron chi connectivity index (χ0n) is 23.1. The molecule has 0 amide bonds. The van der Waals surface area contributed by atoms with Crippen LogP contribution in [0.5, 0.6) is 0 Å². The summed E-state index contributed by atoms with van der Waals surface area (Å²) in [6, 6.07) is 26.9. The fourth-order valence-electron chi connectivity index (χ4n) is 5.38. The maximum Gasteiger partial charge on any atom is 0.325 e. The molecule has 4 aromatic rings. The molecule has 0 aliphatic carbocycles. The van der Waals surface area contributed by atoms with E-state index in [1.807, 2.05) is 41.3 Å². The van der Waals surface area contributed by atoms with Crippen LogP contribution >= 0.6 is 0 Å². The normalized spacial score (nSPS) is 16.3. The Balaban J connectivity index is 1.30. The molecule has 208 valence electrons. The van der Waals surface area contributed by atoms with E-state index in [1.165, 1.54) is 12.7 Å². The first-order valence-corrected chi connectivity index (χ1v) is 13.8. The Morgan fingerprint density at radius 2 is 1.76 bits per heavy atom. The molecule has 10 heteroatoms. The lowest BCUT2D eigenvalue weighted by molar-refractivity contribution is -0.141. The van der Waals surface area contributed by atoms with Crippen molar-refractivity contribution in [1.29, 1.82) is 0 Å². The summed E-state index contributed by atoms with van der Waals surface area (Å²) in [4.78, 5) is 24.0. The predicted octanol–water partition coefficient (Wildman–Crippen LogP) is 4.67. The number of esters is 1. The van der Waals surface area contributed by atoms with E-state index in [-0.39, 0.29) is 18.7 Å². The monoisotopic (exact) mass is 548 g/mol. The molecule has 10 nitrogen and oxygen atoms in total. The van der Waals surface area contributed by atoms with Crippen LogP contribution in [0.3, 0.4) is 0 Å². The number of benzene rings is 3. The van der Waals surface area contributed by atoms with Gasteiger partial charge in [0, 0.05) is 24.0 Å². The number of nitrogens with zero attached hydrogens (tertiary/aromatic N) is 7. The fraction of sp³-hybridized carbons (Fsp3) is 0.258. The first kappa shape index (κ1) is 26.2. The minimum Gasteiger partial charge on any atom is -0.468 e. The molecule has 1 aromatic heterocycles. The van der Waals surface area contributed by atoms with E-state index in [0.717, 1.165) is 46.8 Å². The van der Waals surface area contributed by atoms with Crippen molar-refractivity contribution >= 4 is 17.5 Å². The van der Waals surface area contributed by atoms with E-state index in [9.17, 15) is 4.79 Å². The van der Waals surface area contributed by atoms with Gasteiger partial charge in [-0.2, -0.15) is 0 Å². The predicted molar refractivity (Wildman–Crippen MR) is 157 cm³/mol. The van der Waals surface area contributed by atoms with Crippen molar-refractivity contribution in [2.45, 2.75) is 32.5 Å². The average molecular weight is 549 g/mol. The minimum absolute atomic E-state index is 0.00453. The van der Waals surface area contributed by atoms with Gasteiger partial charge in [0.1, 0.15) is 12.7 Å². The van der Waals surface area contributed by atoms with Crippen molar-refractivity contribution < 1.29 is 9.53 Å². The summed E-state index contributed by atoms with van der Waals surface area (Å²) in [6.07, 6.45) is 4.00. The lowest BCUT2D eigenvalue weighted by Crippen LogP contribution is -2.47. The molecule has 1 atom stereocenters. The van der Waals surface area contributed by atoms with Gasteiger partial charge in [0.25, 0.3) is 0 Å². The number of tetrazole rings is 1. The van der Waals surface area contributed by atoms with Gasteiger partial charge in [0.05, 0.1) is 19.5 Å². The van der Waals surface area contributed by atoms with Gasteiger partial charge < -0.3 is 19.4 Å². The van der Waals surface area contributed by atoms with Gasteiger partial charge in [-0.05, 0) is 45.7 Å². The Bertz CT molecular complexity index is 1550. The molecule has 0 saturated carbocycles. The summed E-state index contributed by atoms with van der Waals surface area (Å²) in [6.45, 7) is 3.55. The number of para-hydroxylation sites is 1. The van der Waals surface area contributed by atoms with Crippen molar-refractivity contribution in [2.24, 2.45) is 4.99 Å². The Morgan fingerprint density at radius 1 is 1.00 bits per heavy atom. The minimum atomic E-state index is -0.276. The van der Waals surface area contributed by atoms with E-state index in [0.29, 0.717) is 19.0 Å². The molecule has 0 saturated heterocycles. The number of aliphatic imine (C=N–C) groups is 1. The second-order valence-corrected chi connectivity index (χ2v) is 10.1. The van der Waals surface area contributed by atoms with E-state index in [2.05, 4.69) is 86.0 Å². The largest absolute Gasteiger partial charge is 0.468 e. The number of H-pyrrole nitrogens is 1. The Morgan fingerprint density at radius 3 is 2.46 bits per heavy atom. The van der Waals surface area contributed by atoms with Crippen molar-refractivity contribution in [2.75, 3.05) is 25.2 Å². The number of rotatable bonds is 9. The van der Waals surface area contributed by atoms with Crippen LogP contribution in [-0.2, 0) is 16.1 Å². The Kier molecular flexibility index (Phi) is 7.44. The molecule has 0 fully saturated rings. The lowest BCUT2D eigenvalue weighted by atomic mass is 9.98. The standard InChI is InChI=1S/C31H32N8O2/c1-3-9-28-32-31-27(19-37(20-29(40)41-2)21-39(31)24-10-5-4-6-11-24)38(28)18-22-14-16-23(17-15-22)25-12-7-8-13-26(25)30-33-35-36-34-30/h4-8,10-17,19,28H,3,9,18,20-21H2,1-2H3,(H,33,34,35,36). The van der Waals surface area contributed by atoms with Crippen molar-refractivity contribution in [1.82, 2.24) is 30.4 Å². The average Bonchev–Trinajstić information content (AvgIpc) is 3.67. The Labute approximate surface area is 239 Å². The highest BCUT2D eigenvalue weighted by atomic mass is 16.5. The number of nitrogens with one attached hydrogen (secondary N) is 1. The van der Waals surface area contributed by atoms with Crippen molar-refractivity contribution in [3.8, 4) is 22.5 Å². The smallest absolute Gasteiger partial charge is 0.325 e. The molecule has 41 heavy (non-hydrogen) atoms. The molecule has 3 aromatic carbocycles. The van der Waals surface area contributed by atoms with Crippen LogP contribution in [0.1, 0.15) is 25.3 Å². The van der Waals surface area contributed by atoms with E-state index >= 15 is 0 Å². The molecule has 6 rings (SSSR count). The highest BCUT2D eigenvalue weighted by Gasteiger charge is 2.37. The number of ether oxygens (including phenoxy) is 1. The number of aromatic amines is 1. The van der Waals surface area contributed by atoms with Crippen LogP contribution in [0.15, 0.2) is 95.8 Å². The number of carbonyl (C=O) groups excluding carboxylic acids is 1. The quantitative estimate of drug-likeness (QED) is 0.301. The number of amidine groups is 1. The van der Waals surface area contributed by atoms with Gasteiger partial charge in [0.15, 0.2) is 11.7 Å². The SMILES string of the molecule is CCCC1N=C2C(=CN(CC(=O)OC)CN2c2ccccc2)N1Cc1ccc(-c2ccccc2-c2nnn[nH]2)cc1. The number of hydrogen-bond acceptors (Lipinski definition) is 9. The topological polar surface area (TPSA) is 103 Å². The van der Waals surface area contributed by atoms with Crippen molar-refractivity contribution in [3.63, 3.8) is 0 Å². The fourth-order valence-corrected chi connectivity index (χ4v) is 5.38. The summed E-state index contributed by atoms with van der Waals surface area (Å²) in [5, 5.41) is 14.4. The van der Waals surface area contributed by atoms with Gasteiger partial charge in [0.2, 0.25) is 0 Å². The van der Waals surface area contributed by atoms with Crippen LogP contribution in [0.2, 0.25) is 0 Å². The van der Waals surface area contributed by atoms with E-state index < -0.39 is 0 Å². The highest BCUT2D eigenvalue weighted by Crippen LogP contribution is 2.34. The van der Waals surface area contributed by atoms with Crippen LogP contribution in [0, 0.1) is 0 Å². The summed E-state index contributed by atoms with van der Waals surface area (Å²) >= 11 is 0. The maximum atomic E-state index is 12.2. The molecule has 1 unspecified atom stereocenters. The molecule has 0 radical (unpaired) electrons. The molecule has 3 heterocycles. The maximum absolute atomic E-state index is 12.2. The number of fused-ring (bicyclic) bond motifs is 1. The van der Waals surface area contributed by atoms with Crippen LogP contribution in [0.25, 0.3) is 22.5 Å². The molecule has 2 aliphatic rings. The van der Waals surface area contributed by atoms with Gasteiger partial charge in [-0.25, -0.2) is 10.1 Å². The van der Waals surface area contributed by atoms with E-state index in [4.69, 9.17) is 9.73 Å². The summed E-state index contributed by atoms with van der Waals surface area (Å²) in [5.41, 5.74) is 6.30. The first-order valence-electron chi connectivity index (χ1n) is 13.8. The highest BCUT2D eigenvalue weighted by molar-refractivity contribution is 6.11. The first-order chi connectivity index (χ1) is 20.1. The number of anilines is 1. The van der Waals surface area contributed by atoms with Gasteiger partial charge in [-0.15, -0.1) is 5.10 Å². The molecule has 2 aliphatic heterocycles. The third-order valence-electron chi connectivity index (χ3n) is 7.37. The number of methoxy groups -OCH3 is 1. The summed E-state index contributed by atoms with van der Waals surface area (Å²) < 4.78 is 4.98. The van der Waals surface area contributed by atoms with E-state index in [1.54, 1.807) is 0 Å². The summed E-state index contributed by atoms with van der Waals surface area (Å²) in [5.74, 6) is 1.29. The van der Waals surface area contributed by atoms with Gasteiger partial charge in [-0.3, -0.25) is 4.79 Å². The second-order valence-electron chi connectivity index (χ2n) is 10.1. The van der Waals surface area contributed by atoms with Gasteiger partial charge in [-0.1, -0.05) is 80.1 Å². The van der Waals surface area contributed by atoms with Crippen LogP contribution in [-0.4, -0.2) is 68.7 Å². The zero-order valence-corrected chi connectivity index (χ0v) is 23.1.